The normalized spacial score (nSPS) is 10.2. The van der Waals surface area contributed by atoms with Gasteiger partial charge in [-0.25, -0.2) is 4.79 Å². The van der Waals surface area contributed by atoms with Gasteiger partial charge < -0.3 is 19.9 Å². The van der Waals surface area contributed by atoms with Crippen LogP contribution in [0.4, 0.5) is 0 Å². The summed E-state index contributed by atoms with van der Waals surface area (Å²) in [6.45, 7) is 2.67. The van der Waals surface area contributed by atoms with Crippen LogP contribution in [0.15, 0.2) is 24.3 Å². The number of benzene rings is 1. The van der Waals surface area contributed by atoms with Crippen molar-refractivity contribution in [2.24, 2.45) is 0 Å². The van der Waals surface area contributed by atoms with E-state index in [-0.39, 0.29) is 12.5 Å². The Hall–Kier alpha value is -1.92. The summed E-state index contributed by atoms with van der Waals surface area (Å²) in [6.07, 6.45) is 0. The van der Waals surface area contributed by atoms with Crippen molar-refractivity contribution in [2.45, 2.75) is 20.1 Å². The first-order valence-electron chi connectivity index (χ1n) is 6.34. The van der Waals surface area contributed by atoms with Crippen molar-refractivity contribution in [3.05, 3.63) is 35.4 Å². The molecule has 0 saturated heterocycles. The average Bonchev–Trinajstić information content (AvgIpc) is 2.43. The largest absolute Gasteiger partial charge is 0.480 e. The zero-order valence-electron chi connectivity index (χ0n) is 11.4. The lowest BCUT2D eigenvalue weighted by atomic mass is 10.1. The molecule has 20 heavy (non-hydrogen) atoms. The quantitative estimate of drug-likeness (QED) is 0.703. The molecule has 1 aromatic rings. The summed E-state index contributed by atoms with van der Waals surface area (Å²) in [4.78, 5) is 21.7. The van der Waals surface area contributed by atoms with Gasteiger partial charge in [-0.1, -0.05) is 24.3 Å². The Morgan fingerprint density at radius 3 is 2.50 bits per heavy atom. The van der Waals surface area contributed by atoms with Gasteiger partial charge in [0, 0.05) is 13.2 Å². The molecule has 0 aromatic heterocycles. The fourth-order valence-corrected chi connectivity index (χ4v) is 1.56. The van der Waals surface area contributed by atoms with Crippen molar-refractivity contribution >= 4 is 11.9 Å². The Bertz CT molecular complexity index is 447. The van der Waals surface area contributed by atoms with Gasteiger partial charge in [-0.3, -0.25) is 4.79 Å². The number of amides is 1. The molecule has 0 fully saturated rings. The Morgan fingerprint density at radius 2 is 1.85 bits per heavy atom. The number of rotatable bonds is 9. The zero-order chi connectivity index (χ0) is 14.8. The number of carboxylic acid groups (broad SMARTS) is 1. The van der Waals surface area contributed by atoms with Gasteiger partial charge in [-0.2, -0.15) is 0 Å². The first-order valence-corrected chi connectivity index (χ1v) is 6.34. The van der Waals surface area contributed by atoms with Crippen LogP contribution in [-0.4, -0.2) is 36.8 Å². The third kappa shape index (κ3) is 6.31. The lowest BCUT2D eigenvalue weighted by molar-refractivity contribution is -0.143. The Balaban J connectivity index is 2.40. The molecule has 6 nitrogen and oxygen atoms in total. The Kier molecular flexibility index (Phi) is 7.31. The molecule has 0 bridgehead atoms. The molecule has 0 atom stereocenters. The Morgan fingerprint density at radius 1 is 1.15 bits per heavy atom. The second-order valence-corrected chi connectivity index (χ2v) is 4.07. The number of nitrogens with one attached hydrogen (secondary N) is 1. The third-order valence-corrected chi connectivity index (χ3v) is 2.51. The number of aliphatic carboxylic acids is 1. The number of ether oxygens (including phenoxy) is 2. The van der Waals surface area contributed by atoms with Gasteiger partial charge in [-0.15, -0.1) is 0 Å². The highest BCUT2D eigenvalue weighted by Gasteiger charge is 2.06. The van der Waals surface area contributed by atoms with Gasteiger partial charge in [0.2, 0.25) is 5.91 Å². The van der Waals surface area contributed by atoms with Crippen LogP contribution in [0.2, 0.25) is 0 Å². The summed E-state index contributed by atoms with van der Waals surface area (Å²) in [5.41, 5.74) is 1.98. The molecule has 0 spiro atoms. The van der Waals surface area contributed by atoms with E-state index in [2.05, 4.69) is 5.32 Å². The predicted molar refractivity (Wildman–Crippen MR) is 72.1 cm³/mol. The molecule has 0 saturated carbocycles. The van der Waals surface area contributed by atoms with Gasteiger partial charge in [0.15, 0.2) is 0 Å². The van der Waals surface area contributed by atoms with Crippen LogP contribution in [0, 0.1) is 0 Å². The van der Waals surface area contributed by atoms with E-state index in [0.29, 0.717) is 19.8 Å². The number of carbonyl (C=O) groups is 2. The molecule has 0 aliphatic carbocycles. The molecule has 0 aliphatic heterocycles. The number of hydrogen-bond acceptors (Lipinski definition) is 4. The van der Waals surface area contributed by atoms with Crippen LogP contribution < -0.4 is 5.32 Å². The van der Waals surface area contributed by atoms with Crippen LogP contribution in [0.3, 0.4) is 0 Å². The van der Waals surface area contributed by atoms with E-state index in [1.807, 2.05) is 31.2 Å². The maximum atomic E-state index is 11.5. The maximum Gasteiger partial charge on any atom is 0.329 e. The second-order valence-electron chi connectivity index (χ2n) is 4.07. The van der Waals surface area contributed by atoms with Gasteiger partial charge in [0.05, 0.1) is 6.61 Å². The highest BCUT2D eigenvalue weighted by Crippen LogP contribution is 2.09. The van der Waals surface area contributed by atoms with Crippen molar-refractivity contribution in [3.8, 4) is 0 Å². The summed E-state index contributed by atoms with van der Waals surface area (Å²) in [6, 6.07) is 7.65. The molecule has 1 rings (SSSR count). The first kappa shape index (κ1) is 16.1. The molecule has 0 unspecified atom stereocenters. The van der Waals surface area contributed by atoms with E-state index in [1.54, 1.807) is 0 Å². The van der Waals surface area contributed by atoms with Gasteiger partial charge in [0.1, 0.15) is 13.2 Å². The van der Waals surface area contributed by atoms with Crippen LogP contribution >= 0.6 is 0 Å². The molecule has 1 amide bonds. The third-order valence-electron chi connectivity index (χ3n) is 2.51. The molecule has 110 valence electrons. The lowest BCUT2D eigenvalue weighted by Crippen LogP contribution is -2.28. The fourth-order valence-electron chi connectivity index (χ4n) is 1.56. The molecule has 1 aromatic carbocycles. The minimum absolute atomic E-state index is 0.264. The van der Waals surface area contributed by atoms with Crippen molar-refractivity contribution < 1.29 is 24.2 Å². The minimum atomic E-state index is -1.10. The number of carboxylic acids is 1. The second kappa shape index (κ2) is 9.06. The number of hydrogen-bond donors (Lipinski definition) is 2. The summed E-state index contributed by atoms with van der Waals surface area (Å²) < 4.78 is 10.1. The first-order chi connectivity index (χ1) is 9.63. The minimum Gasteiger partial charge on any atom is -0.480 e. The van der Waals surface area contributed by atoms with E-state index in [0.717, 1.165) is 11.1 Å². The lowest BCUT2D eigenvalue weighted by Gasteiger charge is -2.10. The monoisotopic (exact) mass is 281 g/mol. The van der Waals surface area contributed by atoms with E-state index < -0.39 is 12.6 Å². The van der Waals surface area contributed by atoms with E-state index in [9.17, 15) is 9.59 Å². The number of carbonyl (C=O) groups excluding carboxylic acids is 1. The van der Waals surface area contributed by atoms with Crippen LogP contribution in [0.25, 0.3) is 0 Å². The van der Waals surface area contributed by atoms with Crippen LogP contribution in [-0.2, 0) is 32.2 Å². The molecule has 2 N–H and O–H groups in total. The standard InChI is InChI=1S/C14H19NO5/c1-2-19-8-12-6-4-3-5-11(12)7-15-13(16)9-20-10-14(17)18/h3-6H,2,7-10H2,1H3,(H,15,16)(H,17,18). The predicted octanol–water partition coefficient (Wildman–Crippen LogP) is 0.940. The van der Waals surface area contributed by atoms with E-state index in [4.69, 9.17) is 14.6 Å². The van der Waals surface area contributed by atoms with Crippen molar-refractivity contribution in [1.82, 2.24) is 5.32 Å². The molecular weight excluding hydrogens is 262 g/mol. The highest BCUT2D eigenvalue weighted by atomic mass is 16.5. The summed E-state index contributed by atoms with van der Waals surface area (Å²) >= 11 is 0. The van der Waals surface area contributed by atoms with Gasteiger partial charge in [-0.05, 0) is 18.1 Å². The zero-order valence-corrected chi connectivity index (χ0v) is 11.4. The van der Waals surface area contributed by atoms with Crippen molar-refractivity contribution in [1.29, 1.82) is 0 Å². The van der Waals surface area contributed by atoms with E-state index in [1.165, 1.54) is 0 Å². The molecular formula is C14H19NO5. The SMILES string of the molecule is CCOCc1ccccc1CNC(=O)COCC(=O)O. The van der Waals surface area contributed by atoms with Crippen LogP contribution in [0.1, 0.15) is 18.1 Å². The van der Waals surface area contributed by atoms with Gasteiger partial charge in [0.25, 0.3) is 0 Å². The summed E-state index contributed by atoms with van der Waals surface area (Å²) in [5, 5.41) is 11.1. The maximum absolute atomic E-state index is 11.5. The van der Waals surface area contributed by atoms with Crippen molar-refractivity contribution in [2.75, 3.05) is 19.8 Å². The Labute approximate surface area is 117 Å². The van der Waals surface area contributed by atoms with Crippen LogP contribution in [0.5, 0.6) is 0 Å². The summed E-state index contributed by atoms with van der Waals surface area (Å²) in [5.74, 6) is -1.45. The van der Waals surface area contributed by atoms with Crippen molar-refractivity contribution in [3.63, 3.8) is 0 Å². The van der Waals surface area contributed by atoms with Gasteiger partial charge >= 0.3 is 5.97 Å². The summed E-state index contributed by atoms with van der Waals surface area (Å²) in [7, 11) is 0. The molecule has 0 heterocycles. The molecule has 0 aliphatic rings. The highest BCUT2D eigenvalue weighted by molar-refractivity contribution is 5.77. The topological polar surface area (TPSA) is 84.9 Å². The fraction of sp³-hybridized carbons (Fsp3) is 0.429. The molecule has 6 heteroatoms. The average molecular weight is 281 g/mol. The van der Waals surface area contributed by atoms with E-state index >= 15 is 0 Å². The molecule has 0 radical (unpaired) electrons. The smallest absolute Gasteiger partial charge is 0.329 e.